The Morgan fingerprint density at radius 2 is 2.00 bits per heavy atom. The maximum absolute atomic E-state index is 12.1. The largest absolute Gasteiger partial charge is 0.298 e. The standard InChI is InChI=1S/C14H9ClN2O2S2/c1-7-6-20-11-10(7)16-14(21-13(11)19)17-12(18)8-2-4-9(15)5-3-8/h2-6H,1H3,(H,16,17,18). The minimum absolute atomic E-state index is 0.0930. The number of nitrogens with zero attached hydrogens (tertiary/aromatic N) is 1. The summed E-state index contributed by atoms with van der Waals surface area (Å²) in [6.07, 6.45) is 0. The number of carbonyl (C=O) groups is 1. The molecular weight excluding hydrogens is 328 g/mol. The maximum atomic E-state index is 12.1. The lowest BCUT2D eigenvalue weighted by Gasteiger charge is -2.03. The number of carbonyl (C=O) groups excluding carboxylic acids is 1. The Kier molecular flexibility index (Phi) is 3.75. The van der Waals surface area contributed by atoms with Crippen LogP contribution in [-0.4, -0.2) is 10.9 Å². The summed E-state index contributed by atoms with van der Waals surface area (Å²) < 4.78 is 0.534. The summed E-state index contributed by atoms with van der Waals surface area (Å²) >= 11 is 8.09. The molecule has 1 aromatic carbocycles. The Morgan fingerprint density at radius 1 is 1.29 bits per heavy atom. The first kappa shape index (κ1) is 14.2. The van der Waals surface area contributed by atoms with E-state index in [1.54, 1.807) is 24.3 Å². The molecule has 0 fully saturated rings. The quantitative estimate of drug-likeness (QED) is 0.771. The predicted molar refractivity (Wildman–Crippen MR) is 87.9 cm³/mol. The molecular formula is C14H9ClN2O2S2. The van der Waals surface area contributed by atoms with Gasteiger partial charge in [0.2, 0.25) is 0 Å². The molecule has 0 bridgehead atoms. The van der Waals surface area contributed by atoms with Crippen molar-refractivity contribution in [3.8, 4) is 0 Å². The molecule has 0 aliphatic heterocycles. The van der Waals surface area contributed by atoms with E-state index in [9.17, 15) is 9.59 Å². The average Bonchev–Trinajstić information content (AvgIpc) is 2.82. The van der Waals surface area contributed by atoms with Crippen LogP contribution in [0, 0.1) is 6.92 Å². The molecule has 0 aliphatic carbocycles. The number of aryl methyl sites for hydroxylation is 1. The molecule has 0 aliphatic rings. The number of hydrogen-bond donors (Lipinski definition) is 1. The lowest BCUT2D eigenvalue weighted by Crippen LogP contribution is -2.13. The number of thiophene rings is 1. The van der Waals surface area contributed by atoms with Gasteiger partial charge in [0.25, 0.3) is 10.6 Å². The van der Waals surface area contributed by atoms with Crippen LogP contribution in [0.2, 0.25) is 5.02 Å². The van der Waals surface area contributed by atoms with Gasteiger partial charge in [-0.15, -0.1) is 11.3 Å². The second kappa shape index (κ2) is 5.55. The molecule has 21 heavy (non-hydrogen) atoms. The summed E-state index contributed by atoms with van der Waals surface area (Å²) in [5, 5.41) is 5.40. The smallest absolute Gasteiger partial charge is 0.257 e. The number of halogens is 1. The van der Waals surface area contributed by atoms with Gasteiger partial charge in [-0.1, -0.05) is 22.9 Å². The van der Waals surface area contributed by atoms with Gasteiger partial charge in [0, 0.05) is 10.6 Å². The first-order valence-corrected chi connectivity index (χ1v) is 8.08. The first-order valence-electron chi connectivity index (χ1n) is 6.00. The molecule has 0 saturated carbocycles. The van der Waals surface area contributed by atoms with Crippen molar-refractivity contribution in [1.29, 1.82) is 0 Å². The van der Waals surface area contributed by atoms with Gasteiger partial charge in [-0.3, -0.25) is 14.9 Å². The summed E-state index contributed by atoms with van der Waals surface area (Å²) in [4.78, 5) is 28.5. The Morgan fingerprint density at radius 3 is 2.71 bits per heavy atom. The summed E-state index contributed by atoms with van der Waals surface area (Å²) in [7, 11) is 0. The summed E-state index contributed by atoms with van der Waals surface area (Å²) in [6.45, 7) is 1.89. The van der Waals surface area contributed by atoms with E-state index in [1.165, 1.54) is 11.3 Å². The van der Waals surface area contributed by atoms with Gasteiger partial charge in [-0.25, -0.2) is 4.98 Å². The zero-order valence-corrected chi connectivity index (χ0v) is 13.2. The zero-order chi connectivity index (χ0) is 15.0. The van der Waals surface area contributed by atoms with Gasteiger partial charge in [-0.2, -0.15) is 0 Å². The molecule has 0 saturated heterocycles. The van der Waals surface area contributed by atoms with Crippen molar-refractivity contribution in [3.63, 3.8) is 0 Å². The second-order valence-corrected chi connectivity index (χ2v) is 6.64. The number of fused-ring (bicyclic) bond motifs is 1. The molecule has 7 heteroatoms. The Labute approximate surface area is 133 Å². The van der Waals surface area contributed by atoms with Gasteiger partial charge >= 0.3 is 0 Å². The monoisotopic (exact) mass is 336 g/mol. The van der Waals surface area contributed by atoms with E-state index >= 15 is 0 Å². The normalized spacial score (nSPS) is 10.8. The molecule has 4 nitrogen and oxygen atoms in total. The number of benzene rings is 1. The van der Waals surface area contributed by atoms with Gasteiger partial charge in [0.1, 0.15) is 4.70 Å². The van der Waals surface area contributed by atoms with Crippen molar-refractivity contribution in [1.82, 2.24) is 4.98 Å². The number of hydrogen-bond acceptors (Lipinski definition) is 5. The Bertz CT molecular complexity index is 884. The molecule has 0 spiro atoms. The fraction of sp³-hybridized carbons (Fsp3) is 0.0714. The van der Waals surface area contributed by atoms with Crippen LogP contribution in [0.1, 0.15) is 15.9 Å². The van der Waals surface area contributed by atoms with E-state index in [1.807, 2.05) is 12.3 Å². The average molecular weight is 337 g/mol. The van der Waals surface area contributed by atoms with Crippen LogP contribution < -0.4 is 10.1 Å². The van der Waals surface area contributed by atoms with Crippen molar-refractivity contribution in [2.45, 2.75) is 6.92 Å². The van der Waals surface area contributed by atoms with E-state index in [-0.39, 0.29) is 10.6 Å². The summed E-state index contributed by atoms with van der Waals surface area (Å²) in [5.74, 6) is -0.318. The van der Waals surface area contributed by atoms with Crippen LogP contribution in [0.15, 0.2) is 34.4 Å². The predicted octanol–water partition coefficient (Wildman–Crippen LogP) is 3.93. The minimum Gasteiger partial charge on any atom is -0.298 e. The molecule has 106 valence electrons. The summed E-state index contributed by atoms with van der Waals surface area (Å²) in [5.41, 5.74) is 2.04. The molecule has 3 aromatic rings. The molecule has 2 aromatic heterocycles. The van der Waals surface area contributed by atoms with E-state index in [4.69, 9.17) is 11.6 Å². The SMILES string of the molecule is Cc1csc2c(=O)sc(NC(=O)c3ccc(Cl)cc3)nc12. The van der Waals surface area contributed by atoms with Crippen molar-refractivity contribution >= 4 is 55.5 Å². The fourth-order valence-corrected chi connectivity index (χ4v) is 3.67. The highest BCUT2D eigenvalue weighted by Gasteiger charge is 2.12. The maximum Gasteiger partial charge on any atom is 0.257 e. The number of anilines is 1. The van der Waals surface area contributed by atoms with Crippen LogP contribution in [0.5, 0.6) is 0 Å². The minimum atomic E-state index is -0.318. The third-order valence-electron chi connectivity index (χ3n) is 2.86. The van der Waals surface area contributed by atoms with Gasteiger partial charge in [0.05, 0.1) is 5.52 Å². The highest BCUT2D eigenvalue weighted by molar-refractivity contribution is 7.21. The Hall–Kier alpha value is -1.76. The van der Waals surface area contributed by atoms with Crippen molar-refractivity contribution < 1.29 is 4.79 Å². The summed E-state index contributed by atoms with van der Waals surface area (Å²) in [6, 6.07) is 6.51. The van der Waals surface area contributed by atoms with Crippen LogP contribution in [0.4, 0.5) is 5.13 Å². The van der Waals surface area contributed by atoms with Crippen molar-refractivity contribution in [2.24, 2.45) is 0 Å². The molecule has 3 rings (SSSR count). The lowest BCUT2D eigenvalue weighted by atomic mass is 10.2. The van der Waals surface area contributed by atoms with E-state index in [2.05, 4.69) is 10.3 Å². The third kappa shape index (κ3) is 2.83. The van der Waals surface area contributed by atoms with Gasteiger partial charge in [0.15, 0.2) is 5.13 Å². The van der Waals surface area contributed by atoms with Crippen LogP contribution in [0.3, 0.4) is 0 Å². The van der Waals surface area contributed by atoms with E-state index in [0.29, 0.717) is 25.9 Å². The first-order chi connectivity index (χ1) is 10.0. The van der Waals surface area contributed by atoms with Crippen molar-refractivity contribution in [2.75, 3.05) is 5.32 Å². The van der Waals surface area contributed by atoms with Crippen LogP contribution >= 0.6 is 34.3 Å². The van der Waals surface area contributed by atoms with Crippen LogP contribution in [0.25, 0.3) is 10.2 Å². The fourth-order valence-electron chi connectivity index (χ4n) is 1.80. The van der Waals surface area contributed by atoms with Gasteiger partial charge < -0.3 is 0 Å². The molecule has 1 N–H and O–H groups in total. The Balaban J connectivity index is 1.94. The highest BCUT2D eigenvalue weighted by atomic mass is 35.5. The lowest BCUT2D eigenvalue weighted by molar-refractivity contribution is 0.102. The number of rotatable bonds is 2. The molecule has 0 atom stereocenters. The molecule has 1 amide bonds. The second-order valence-electron chi connectivity index (χ2n) is 4.36. The van der Waals surface area contributed by atoms with Crippen LogP contribution in [-0.2, 0) is 0 Å². The van der Waals surface area contributed by atoms with E-state index in [0.717, 1.165) is 16.9 Å². The number of nitrogens with one attached hydrogen (secondary N) is 1. The molecule has 2 heterocycles. The number of amides is 1. The van der Waals surface area contributed by atoms with Crippen molar-refractivity contribution in [3.05, 3.63) is 55.3 Å². The van der Waals surface area contributed by atoms with Gasteiger partial charge in [-0.05, 0) is 42.1 Å². The highest BCUT2D eigenvalue weighted by Crippen LogP contribution is 2.24. The number of aromatic nitrogens is 1. The molecule has 0 unspecified atom stereocenters. The molecule has 0 radical (unpaired) electrons. The topological polar surface area (TPSA) is 59.1 Å². The third-order valence-corrected chi connectivity index (χ3v) is 5.10. The van der Waals surface area contributed by atoms with E-state index < -0.39 is 0 Å². The zero-order valence-electron chi connectivity index (χ0n) is 10.8.